The van der Waals surface area contributed by atoms with Crippen LogP contribution in [0.15, 0.2) is 18.2 Å². The molecule has 0 radical (unpaired) electrons. The minimum Gasteiger partial charge on any atom is -0.444 e. The van der Waals surface area contributed by atoms with Crippen LogP contribution in [0.25, 0.3) is 0 Å². The summed E-state index contributed by atoms with van der Waals surface area (Å²) in [4.78, 5) is 14.2. The van der Waals surface area contributed by atoms with Gasteiger partial charge in [0.1, 0.15) is 11.4 Å². The predicted octanol–water partition coefficient (Wildman–Crippen LogP) is 3.88. The number of rotatable bonds is 1. The smallest absolute Gasteiger partial charge is 0.410 e. The fraction of sp³-hybridized carbons (Fsp3) is 0.632. The lowest BCUT2D eigenvalue weighted by Gasteiger charge is -2.44. The molecule has 0 saturated carbocycles. The zero-order valence-electron chi connectivity index (χ0n) is 14.8. The molecule has 2 heterocycles. The standard InChI is InChI=1S/C19H26FNO3/c1-12-5-8-15(16(20)9-12)19(23)10-13-6-7-14(11-19)21(13)17(22)24-18(2,3)4/h5,8-9,13-14,23H,6-7,10-11H2,1-4H3. The lowest BCUT2D eigenvalue weighted by atomic mass is 9.80. The number of ether oxygens (including phenoxy) is 1. The third-order valence-electron chi connectivity index (χ3n) is 5.00. The summed E-state index contributed by atoms with van der Waals surface area (Å²) in [6.07, 6.45) is 2.01. The molecule has 24 heavy (non-hydrogen) atoms. The average Bonchev–Trinajstić information content (AvgIpc) is 2.70. The van der Waals surface area contributed by atoms with Gasteiger partial charge in [0, 0.05) is 30.5 Å². The zero-order chi connectivity index (χ0) is 17.7. The van der Waals surface area contributed by atoms with Crippen molar-refractivity contribution >= 4 is 6.09 Å². The van der Waals surface area contributed by atoms with Gasteiger partial charge in [-0.2, -0.15) is 0 Å². The van der Waals surface area contributed by atoms with E-state index in [1.165, 1.54) is 6.07 Å². The summed E-state index contributed by atoms with van der Waals surface area (Å²) in [5.41, 5.74) is -0.599. The van der Waals surface area contributed by atoms with Gasteiger partial charge in [-0.1, -0.05) is 12.1 Å². The molecular formula is C19H26FNO3. The number of carbonyl (C=O) groups excluding carboxylic acids is 1. The Hall–Kier alpha value is -1.62. The summed E-state index contributed by atoms with van der Waals surface area (Å²) in [5.74, 6) is -0.373. The summed E-state index contributed by atoms with van der Waals surface area (Å²) < 4.78 is 19.9. The Kier molecular flexibility index (Phi) is 4.11. The van der Waals surface area contributed by atoms with Crippen LogP contribution in [0.2, 0.25) is 0 Å². The van der Waals surface area contributed by atoms with Crippen LogP contribution < -0.4 is 0 Å². The van der Waals surface area contributed by atoms with Crippen LogP contribution in [0.1, 0.15) is 57.6 Å². The van der Waals surface area contributed by atoms with Crippen molar-refractivity contribution in [2.24, 2.45) is 0 Å². The van der Waals surface area contributed by atoms with Crippen LogP contribution in [-0.2, 0) is 10.3 Å². The van der Waals surface area contributed by atoms with Crippen molar-refractivity contribution in [3.05, 3.63) is 35.1 Å². The third-order valence-corrected chi connectivity index (χ3v) is 5.00. The number of hydrogen-bond acceptors (Lipinski definition) is 3. The number of piperidine rings is 1. The topological polar surface area (TPSA) is 49.8 Å². The molecule has 2 aliphatic rings. The number of hydrogen-bond donors (Lipinski definition) is 1. The first-order valence-electron chi connectivity index (χ1n) is 8.59. The van der Waals surface area contributed by atoms with Crippen LogP contribution in [0.4, 0.5) is 9.18 Å². The second-order valence-corrected chi connectivity index (χ2v) is 8.20. The molecule has 0 aromatic heterocycles. The largest absolute Gasteiger partial charge is 0.444 e. The molecule has 0 spiro atoms. The highest BCUT2D eigenvalue weighted by Gasteiger charge is 2.51. The molecule has 3 rings (SSSR count). The van der Waals surface area contributed by atoms with E-state index in [0.717, 1.165) is 18.4 Å². The van der Waals surface area contributed by atoms with Crippen molar-refractivity contribution in [3.8, 4) is 0 Å². The molecule has 0 aliphatic carbocycles. The lowest BCUT2D eigenvalue weighted by molar-refractivity contribution is -0.0640. The van der Waals surface area contributed by atoms with Crippen molar-refractivity contribution in [1.29, 1.82) is 0 Å². The minimum absolute atomic E-state index is 0.107. The normalized spacial score (nSPS) is 29.7. The molecule has 2 saturated heterocycles. The van der Waals surface area contributed by atoms with Crippen molar-refractivity contribution in [3.63, 3.8) is 0 Å². The average molecular weight is 335 g/mol. The fourth-order valence-electron chi connectivity index (χ4n) is 4.06. The molecule has 1 aromatic rings. The Morgan fingerprint density at radius 2 is 1.88 bits per heavy atom. The van der Waals surface area contributed by atoms with E-state index in [-0.39, 0.29) is 24.0 Å². The third kappa shape index (κ3) is 3.14. The molecule has 2 atom stereocenters. The molecule has 2 fully saturated rings. The summed E-state index contributed by atoms with van der Waals surface area (Å²) in [6.45, 7) is 7.35. The molecule has 1 aromatic carbocycles. The number of amides is 1. The van der Waals surface area contributed by atoms with Crippen LogP contribution in [0.5, 0.6) is 0 Å². The van der Waals surface area contributed by atoms with Crippen LogP contribution in [0.3, 0.4) is 0 Å². The van der Waals surface area contributed by atoms with E-state index >= 15 is 0 Å². The van der Waals surface area contributed by atoms with Crippen molar-refractivity contribution < 1.29 is 19.0 Å². The van der Waals surface area contributed by atoms with E-state index in [0.29, 0.717) is 18.4 Å². The first kappa shape index (κ1) is 17.2. The Bertz CT molecular complexity index is 639. The van der Waals surface area contributed by atoms with Gasteiger partial charge >= 0.3 is 6.09 Å². The van der Waals surface area contributed by atoms with E-state index in [2.05, 4.69) is 0 Å². The van der Waals surface area contributed by atoms with Gasteiger partial charge in [0.05, 0.1) is 5.60 Å². The van der Waals surface area contributed by atoms with E-state index in [1.54, 1.807) is 11.0 Å². The first-order valence-corrected chi connectivity index (χ1v) is 8.59. The Labute approximate surface area is 142 Å². The highest BCUT2D eigenvalue weighted by molar-refractivity contribution is 5.69. The van der Waals surface area contributed by atoms with Crippen LogP contribution in [0, 0.1) is 12.7 Å². The maximum Gasteiger partial charge on any atom is 0.410 e. The molecule has 1 N–H and O–H groups in total. The lowest BCUT2D eigenvalue weighted by Crippen LogP contribution is -2.53. The molecule has 2 aliphatic heterocycles. The number of benzene rings is 1. The number of nitrogens with zero attached hydrogens (tertiary/aromatic N) is 1. The minimum atomic E-state index is -1.22. The van der Waals surface area contributed by atoms with E-state index in [4.69, 9.17) is 4.74 Å². The van der Waals surface area contributed by atoms with Gasteiger partial charge in [-0.25, -0.2) is 9.18 Å². The molecule has 4 nitrogen and oxygen atoms in total. The van der Waals surface area contributed by atoms with E-state index in [9.17, 15) is 14.3 Å². The Morgan fingerprint density at radius 3 is 2.38 bits per heavy atom. The number of aryl methyl sites for hydroxylation is 1. The Balaban J connectivity index is 1.83. The van der Waals surface area contributed by atoms with Crippen LogP contribution >= 0.6 is 0 Å². The fourth-order valence-corrected chi connectivity index (χ4v) is 4.06. The molecule has 1 amide bonds. The molecule has 2 bridgehead atoms. The summed E-state index contributed by atoms with van der Waals surface area (Å²) in [7, 11) is 0. The predicted molar refractivity (Wildman–Crippen MR) is 89.2 cm³/mol. The molecular weight excluding hydrogens is 309 g/mol. The van der Waals surface area contributed by atoms with Gasteiger partial charge in [0.2, 0.25) is 0 Å². The summed E-state index contributed by atoms with van der Waals surface area (Å²) >= 11 is 0. The van der Waals surface area contributed by atoms with E-state index < -0.39 is 11.2 Å². The van der Waals surface area contributed by atoms with Crippen LogP contribution in [-0.4, -0.2) is 33.8 Å². The zero-order valence-corrected chi connectivity index (χ0v) is 14.8. The van der Waals surface area contributed by atoms with Gasteiger partial charge in [0.25, 0.3) is 0 Å². The van der Waals surface area contributed by atoms with Gasteiger partial charge in [-0.15, -0.1) is 0 Å². The highest BCUT2D eigenvalue weighted by Crippen LogP contribution is 2.46. The number of carbonyl (C=O) groups is 1. The van der Waals surface area contributed by atoms with Gasteiger partial charge in [0.15, 0.2) is 0 Å². The summed E-state index contributed by atoms with van der Waals surface area (Å²) in [6, 6.07) is 4.73. The summed E-state index contributed by atoms with van der Waals surface area (Å²) in [5, 5.41) is 11.1. The van der Waals surface area contributed by atoms with Crippen molar-refractivity contribution in [2.75, 3.05) is 0 Å². The van der Waals surface area contributed by atoms with E-state index in [1.807, 2.05) is 33.8 Å². The maximum absolute atomic E-state index is 14.4. The monoisotopic (exact) mass is 335 g/mol. The highest BCUT2D eigenvalue weighted by atomic mass is 19.1. The van der Waals surface area contributed by atoms with Gasteiger partial charge in [-0.05, 0) is 52.2 Å². The number of halogens is 1. The Morgan fingerprint density at radius 1 is 1.29 bits per heavy atom. The quantitative estimate of drug-likeness (QED) is 0.847. The maximum atomic E-state index is 14.4. The van der Waals surface area contributed by atoms with Gasteiger partial charge in [-0.3, -0.25) is 0 Å². The second kappa shape index (κ2) is 5.73. The SMILES string of the molecule is Cc1ccc(C2(O)CC3CCC(C2)N3C(=O)OC(C)(C)C)c(F)c1. The molecule has 5 heteroatoms. The molecule has 2 unspecified atom stereocenters. The first-order chi connectivity index (χ1) is 11.1. The van der Waals surface area contributed by atoms with Gasteiger partial charge < -0.3 is 14.7 Å². The second-order valence-electron chi connectivity index (χ2n) is 8.20. The van der Waals surface area contributed by atoms with Crippen molar-refractivity contribution in [1.82, 2.24) is 4.90 Å². The molecule has 132 valence electrons. The number of fused-ring (bicyclic) bond motifs is 2. The number of aliphatic hydroxyl groups is 1. The van der Waals surface area contributed by atoms with Crippen molar-refractivity contribution in [2.45, 2.75) is 76.7 Å².